The molecule has 1 fully saturated rings. The summed E-state index contributed by atoms with van der Waals surface area (Å²) in [4.78, 5) is 4.46. The summed E-state index contributed by atoms with van der Waals surface area (Å²) in [5.74, 6) is 2.65. The highest BCUT2D eigenvalue weighted by atomic mass is 16.4. The van der Waals surface area contributed by atoms with Crippen LogP contribution in [0.4, 0.5) is 0 Å². The van der Waals surface area contributed by atoms with Crippen molar-refractivity contribution in [3.8, 4) is 0 Å². The van der Waals surface area contributed by atoms with Gasteiger partial charge in [-0.15, -0.1) is 0 Å². The summed E-state index contributed by atoms with van der Waals surface area (Å²) < 4.78 is 5.57. The van der Waals surface area contributed by atoms with E-state index < -0.39 is 0 Å². The first kappa shape index (κ1) is 8.75. The number of nitrogens with zero attached hydrogens (tertiary/aromatic N) is 1. The van der Waals surface area contributed by atoms with Gasteiger partial charge in [-0.3, -0.25) is 0 Å². The van der Waals surface area contributed by atoms with Crippen molar-refractivity contribution in [2.24, 2.45) is 5.92 Å². The zero-order valence-corrected chi connectivity index (χ0v) is 8.26. The van der Waals surface area contributed by atoms with Crippen LogP contribution in [0.15, 0.2) is 4.42 Å². The summed E-state index contributed by atoms with van der Waals surface area (Å²) in [7, 11) is 0. The van der Waals surface area contributed by atoms with Crippen LogP contribution in [0.3, 0.4) is 0 Å². The van der Waals surface area contributed by atoms with Crippen molar-refractivity contribution in [2.45, 2.75) is 26.7 Å². The summed E-state index contributed by atoms with van der Waals surface area (Å²) >= 11 is 0. The molecule has 1 aliphatic rings. The van der Waals surface area contributed by atoms with Gasteiger partial charge in [-0.2, -0.15) is 0 Å². The number of aromatic nitrogens is 1. The van der Waals surface area contributed by atoms with Gasteiger partial charge in [0.2, 0.25) is 0 Å². The van der Waals surface area contributed by atoms with E-state index in [9.17, 15) is 0 Å². The molecule has 1 N–H and O–H groups in total. The minimum absolute atomic E-state index is 0.739. The van der Waals surface area contributed by atoms with Crippen molar-refractivity contribution in [3.63, 3.8) is 0 Å². The molecule has 1 aliphatic heterocycles. The van der Waals surface area contributed by atoms with Gasteiger partial charge >= 0.3 is 0 Å². The first-order valence-corrected chi connectivity index (χ1v) is 4.95. The smallest absolute Gasteiger partial charge is 0.194 e. The van der Waals surface area contributed by atoms with Crippen LogP contribution >= 0.6 is 0 Å². The fourth-order valence-corrected chi connectivity index (χ4v) is 1.64. The molecule has 3 nitrogen and oxygen atoms in total. The number of hydrogen-bond acceptors (Lipinski definition) is 3. The SMILES string of the molecule is CCc1nc(CC2CNC2)oc1C. The molecule has 0 saturated carbocycles. The van der Waals surface area contributed by atoms with E-state index in [0.717, 1.165) is 49.2 Å². The average Bonchev–Trinajstić information content (AvgIpc) is 2.39. The number of rotatable bonds is 3. The lowest BCUT2D eigenvalue weighted by Crippen LogP contribution is -2.43. The fraction of sp³-hybridized carbons (Fsp3) is 0.700. The fourth-order valence-electron chi connectivity index (χ4n) is 1.64. The molecule has 0 radical (unpaired) electrons. The Morgan fingerprint density at radius 3 is 2.77 bits per heavy atom. The predicted octanol–water partition coefficient (Wildman–Crippen LogP) is 1.31. The van der Waals surface area contributed by atoms with E-state index >= 15 is 0 Å². The van der Waals surface area contributed by atoms with Gasteiger partial charge in [0.1, 0.15) is 5.76 Å². The molecule has 0 amide bonds. The lowest BCUT2D eigenvalue weighted by Gasteiger charge is -2.25. The molecule has 0 atom stereocenters. The predicted molar refractivity (Wildman–Crippen MR) is 50.7 cm³/mol. The van der Waals surface area contributed by atoms with Gasteiger partial charge in [0.25, 0.3) is 0 Å². The number of nitrogens with one attached hydrogen (secondary N) is 1. The summed E-state index contributed by atoms with van der Waals surface area (Å²) in [6.07, 6.45) is 1.96. The molecule has 0 aliphatic carbocycles. The summed E-state index contributed by atoms with van der Waals surface area (Å²) in [5, 5.41) is 3.25. The quantitative estimate of drug-likeness (QED) is 0.762. The average molecular weight is 180 g/mol. The Bertz CT molecular complexity index is 289. The van der Waals surface area contributed by atoms with Crippen molar-refractivity contribution >= 4 is 0 Å². The molecular weight excluding hydrogens is 164 g/mol. The maximum Gasteiger partial charge on any atom is 0.194 e. The third-order valence-corrected chi connectivity index (χ3v) is 2.60. The van der Waals surface area contributed by atoms with E-state index in [-0.39, 0.29) is 0 Å². The largest absolute Gasteiger partial charge is 0.446 e. The van der Waals surface area contributed by atoms with E-state index in [1.807, 2.05) is 6.92 Å². The summed E-state index contributed by atoms with van der Waals surface area (Å²) in [6, 6.07) is 0. The van der Waals surface area contributed by atoms with Crippen LogP contribution in [0, 0.1) is 12.8 Å². The summed E-state index contributed by atoms with van der Waals surface area (Å²) in [6.45, 7) is 6.33. The second-order valence-electron chi connectivity index (χ2n) is 3.69. The number of aryl methyl sites for hydroxylation is 2. The van der Waals surface area contributed by atoms with Crippen LogP contribution in [0.25, 0.3) is 0 Å². The molecule has 2 rings (SSSR count). The van der Waals surface area contributed by atoms with E-state index in [4.69, 9.17) is 4.42 Å². The van der Waals surface area contributed by atoms with Crippen LogP contribution in [0.1, 0.15) is 24.3 Å². The second kappa shape index (κ2) is 3.50. The van der Waals surface area contributed by atoms with Crippen LogP contribution < -0.4 is 5.32 Å². The topological polar surface area (TPSA) is 38.1 Å². The summed E-state index contributed by atoms with van der Waals surface area (Å²) in [5.41, 5.74) is 1.11. The molecule has 1 aromatic heterocycles. The van der Waals surface area contributed by atoms with Gasteiger partial charge in [-0.05, 0) is 32.4 Å². The minimum Gasteiger partial charge on any atom is -0.446 e. The Kier molecular flexibility index (Phi) is 2.36. The van der Waals surface area contributed by atoms with Gasteiger partial charge in [-0.1, -0.05) is 6.92 Å². The molecule has 72 valence electrons. The van der Waals surface area contributed by atoms with Crippen LogP contribution in [-0.4, -0.2) is 18.1 Å². The highest BCUT2D eigenvalue weighted by Crippen LogP contribution is 2.15. The molecule has 0 spiro atoms. The van der Waals surface area contributed by atoms with Gasteiger partial charge in [-0.25, -0.2) is 4.98 Å². The van der Waals surface area contributed by atoms with Crippen LogP contribution in [0.5, 0.6) is 0 Å². The first-order valence-electron chi connectivity index (χ1n) is 4.95. The van der Waals surface area contributed by atoms with Crippen molar-refractivity contribution < 1.29 is 4.42 Å². The molecule has 0 unspecified atom stereocenters. The van der Waals surface area contributed by atoms with Crippen LogP contribution in [-0.2, 0) is 12.8 Å². The van der Waals surface area contributed by atoms with Gasteiger partial charge in [0, 0.05) is 6.42 Å². The van der Waals surface area contributed by atoms with Gasteiger partial charge in [0.15, 0.2) is 5.89 Å². The van der Waals surface area contributed by atoms with E-state index in [1.54, 1.807) is 0 Å². The number of oxazole rings is 1. The van der Waals surface area contributed by atoms with E-state index in [2.05, 4.69) is 17.2 Å². The molecule has 2 heterocycles. The standard InChI is InChI=1S/C10H16N2O/c1-3-9-7(2)13-10(12-9)4-8-5-11-6-8/h8,11H,3-6H2,1-2H3. The minimum atomic E-state index is 0.739. The Morgan fingerprint density at radius 1 is 1.54 bits per heavy atom. The van der Waals surface area contributed by atoms with Crippen LogP contribution in [0.2, 0.25) is 0 Å². The maximum atomic E-state index is 5.57. The molecule has 3 heteroatoms. The van der Waals surface area contributed by atoms with Crippen molar-refractivity contribution in [2.75, 3.05) is 13.1 Å². The molecule has 13 heavy (non-hydrogen) atoms. The zero-order chi connectivity index (χ0) is 9.26. The van der Waals surface area contributed by atoms with E-state index in [1.165, 1.54) is 0 Å². The molecule has 1 aromatic rings. The molecule has 0 aromatic carbocycles. The Balaban J connectivity index is 2.03. The molecular formula is C10H16N2O. The van der Waals surface area contributed by atoms with Gasteiger partial charge in [0.05, 0.1) is 5.69 Å². The lowest BCUT2D eigenvalue weighted by molar-refractivity contribution is 0.315. The monoisotopic (exact) mass is 180 g/mol. The normalized spacial score (nSPS) is 17.4. The highest BCUT2D eigenvalue weighted by Gasteiger charge is 2.20. The maximum absolute atomic E-state index is 5.57. The van der Waals surface area contributed by atoms with Gasteiger partial charge < -0.3 is 9.73 Å². The lowest BCUT2D eigenvalue weighted by atomic mass is 10.00. The highest BCUT2D eigenvalue weighted by molar-refractivity contribution is 5.08. The third kappa shape index (κ3) is 1.75. The Hall–Kier alpha value is -0.830. The van der Waals surface area contributed by atoms with Crippen molar-refractivity contribution in [1.82, 2.24) is 10.3 Å². The number of hydrogen-bond donors (Lipinski definition) is 1. The van der Waals surface area contributed by atoms with Crippen molar-refractivity contribution in [1.29, 1.82) is 0 Å². The zero-order valence-electron chi connectivity index (χ0n) is 8.26. The van der Waals surface area contributed by atoms with E-state index in [0.29, 0.717) is 0 Å². The van der Waals surface area contributed by atoms with Crippen molar-refractivity contribution in [3.05, 3.63) is 17.3 Å². The Morgan fingerprint density at radius 2 is 2.31 bits per heavy atom. The molecule has 0 bridgehead atoms. The molecule has 1 saturated heterocycles. The second-order valence-corrected chi connectivity index (χ2v) is 3.69. The third-order valence-electron chi connectivity index (χ3n) is 2.60. The first-order chi connectivity index (χ1) is 6.29. The Labute approximate surface area is 78.5 Å².